The van der Waals surface area contributed by atoms with Gasteiger partial charge in [-0.2, -0.15) is 0 Å². The molecule has 1 rings (SSSR count). The first kappa shape index (κ1) is 17.1. The molecule has 1 aromatic rings. The fourth-order valence-electron chi connectivity index (χ4n) is 1.53. The lowest BCUT2D eigenvalue weighted by Gasteiger charge is -2.16. The maximum Gasteiger partial charge on any atom is 0.260 e. The topological polar surface area (TPSA) is 58.6 Å². The second kappa shape index (κ2) is 8.35. The van der Waals surface area contributed by atoms with Gasteiger partial charge in [0.2, 0.25) is 0 Å². The number of carbonyl (C=O) groups excluding carboxylic acids is 1. The molecule has 2 unspecified atom stereocenters. The van der Waals surface area contributed by atoms with E-state index in [4.69, 9.17) is 27.9 Å². The molecule has 0 heterocycles. The van der Waals surface area contributed by atoms with Gasteiger partial charge in [0.25, 0.3) is 5.91 Å². The summed E-state index contributed by atoms with van der Waals surface area (Å²) in [7, 11) is 0. The van der Waals surface area contributed by atoms with Crippen LogP contribution < -0.4 is 10.1 Å². The van der Waals surface area contributed by atoms with Crippen LogP contribution in [-0.4, -0.2) is 29.8 Å². The highest BCUT2D eigenvalue weighted by atomic mass is 35.5. The molecule has 0 spiro atoms. The fraction of sp³-hybridized carbons (Fsp3) is 0.500. The van der Waals surface area contributed by atoms with E-state index in [2.05, 4.69) is 5.32 Å². The standard InChI is InChI=1S/C14H19Cl2NO3/c1-3-10(18)7-8-17-14(19)9(2)20-12-6-4-5-11(15)13(12)16/h4-6,9-10,18H,3,7-8H2,1-2H3,(H,17,19). The van der Waals surface area contributed by atoms with E-state index in [9.17, 15) is 9.90 Å². The second-order valence-electron chi connectivity index (χ2n) is 4.45. The highest BCUT2D eigenvalue weighted by Gasteiger charge is 2.16. The summed E-state index contributed by atoms with van der Waals surface area (Å²) >= 11 is 11.9. The number of aliphatic hydroxyl groups is 1. The van der Waals surface area contributed by atoms with Gasteiger partial charge in [-0.25, -0.2) is 0 Å². The summed E-state index contributed by atoms with van der Waals surface area (Å²) in [5, 5.41) is 12.8. The Kier molecular flexibility index (Phi) is 7.13. The van der Waals surface area contributed by atoms with Crippen molar-refractivity contribution in [2.24, 2.45) is 0 Å². The number of amides is 1. The molecule has 0 aliphatic carbocycles. The molecular formula is C14H19Cl2NO3. The molecular weight excluding hydrogens is 301 g/mol. The number of halogens is 2. The van der Waals surface area contributed by atoms with Crippen molar-refractivity contribution in [3.8, 4) is 5.75 Å². The number of carbonyl (C=O) groups is 1. The lowest BCUT2D eigenvalue weighted by atomic mass is 10.2. The number of rotatable bonds is 7. The van der Waals surface area contributed by atoms with E-state index in [-0.39, 0.29) is 10.9 Å². The van der Waals surface area contributed by atoms with Crippen molar-refractivity contribution in [1.29, 1.82) is 0 Å². The number of aliphatic hydroxyl groups excluding tert-OH is 1. The smallest absolute Gasteiger partial charge is 0.260 e. The average molecular weight is 320 g/mol. The Labute approximate surface area is 129 Å². The van der Waals surface area contributed by atoms with E-state index in [0.29, 0.717) is 30.2 Å². The number of hydrogen-bond acceptors (Lipinski definition) is 3. The first-order valence-electron chi connectivity index (χ1n) is 6.52. The van der Waals surface area contributed by atoms with Crippen LogP contribution in [0.4, 0.5) is 0 Å². The van der Waals surface area contributed by atoms with Crippen LogP contribution in [-0.2, 0) is 4.79 Å². The third-order valence-corrected chi connectivity index (χ3v) is 3.64. The Morgan fingerprint density at radius 1 is 1.45 bits per heavy atom. The van der Waals surface area contributed by atoms with Gasteiger partial charge in [0.15, 0.2) is 6.10 Å². The predicted octanol–water partition coefficient (Wildman–Crippen LogP) is 3.04. The highest BCUT2D eigenvalue weighted by Crippen LogP contribution is 2.32. The molecule has 0 aromatic heterocycles. The Morgan fingerprint density at radius 3 is 2.80 bits per heavy atom. The van der Waals surface area contributed by atoms with Crippen LogP contribution in [0, 0.1) is 0 Å². The number of ether oxygens (including phenoxy) is 1. The van der Waals surface area contributed by atoms with Crippen LogP contribution in [0.2, 0.25) is 10.0 Å². The van der Waals surface area contributed by atoms with Gasteiger partial charge in [-0.05, 0) is 31.9 Å². The summed E-state index contributed by atoms with van der Waals surface area (Å²) in [6, 6.07) is 5.00. The van der Waals surface area contributed by atoms with Gasteiger partial charge in [0.1, 0.15) is 10.8 Å². The first-order valence-corrected chi connectivity index (χ1v) is 7.27. The van der Waals surface area contributed by atoms with Crippen molar-refractivity contribution in [1.82, 2.24) is 5.32 Å². The van der Waals surface area contributed by atoms with Crippen molar-refractivity contribution in [2.75, 3.05) is 6.54 Å². The second-order valence-corrected chi connectivity index (χ2v) is 5.24. The SMILES string of the molecule is CCC(O)CCNC(=O)C(C)Oc1cccc(Cl)c1Cl. The summed E-state index contributed by atoms with van der Waals surface area (Å²) in [4.78, 5) is 11.8. The molecule has 0 saturated carbocycles. The van der Waals surface area contributed by atoms with E-state index in [1.54, 1.807) is 25.1 Å². The lowest BCUT2D eigenvalue weighted by molar-refractivity contribution is -0.127. The summed E-state index contributed by atoms with van der Waals surface area (Å²) in [6.45, 7) is 3.92. The van der Waals surface area contributed by atoms with Gasteiger partial charge in [0, 0.05) is 6.54 Å². The third kappa shape index (κ3) is 5.19. The Balaban J connectivity index is 2.47. The summed E-state index contributed by atoms with van der Waals surface area (Å²) in [6.07, 6.45) is 0.103. The average Bonchev–Trinajstić information content (AvgIpc) is 2.43. The Hall–Kier alpha value is -0.970. The van der Waals surface area contributed by atoms with Crippen LogP contribution in [0.5, 0.6) is 5.75 Å². The van der Waals surface area contributed by atoms with Gasteiger partial charge >= 0.3 is 0 Å². The summed E-state index contributed by atoms with van der Waals surface area (Å²) < 4.78 is 5.48. The Bertz CT molecular complexity index is 454. The monoisotopic (exact) mass is 319 g/mol. The zero-order valence-electron chi connectivity index (χ0n) is 11.5. The third-order valence-electron chi connectivity index (χ3n) is 2.84. The van der Waals surface area contributed by atoms with Crippen molar-refractivity contribution >= 4 is 29.1 Å². The molecule has 4 nitrogen and oxygen atoms in total. The molecule has 20 heavy (non-hydrogen) atoms. The largest absolute Gasteiger partial charge is 0.479 e. The van der Waals surface area contributed by atoms with Crippen LogP contribution in [0.3, 0.4) is 0 Å². The molecule has 6 heteroatoms. The van der Waals surface area contributed by atoms with Gasteiger partial charge < -0.3 is 15.2 Å². The minimum Gasteiger partial charge on any atom is -0.479 e. The zero-order chi connectivity index (χ0) is 15.1. The van der Waals surface area contributed by atoms with Crippen molar-refractivity contribution in [3.05, 3.63) is 28.2 Å². The zero-order valence-corrected chi connectivity index (χ0v) is 13.0. The molecule has 1 amide bonds. The van der Waals surface area contributed by atoms with Gasteiger partial charge in [-0.3, -0.25) is 4.79 Å². The number of hydrogen-bond donors (Lipinski definition) is 2. The van der Waals surface area contributed by atoms with Gasteiger partial charge in [0.05, 0.1) is 11.1 Å². The maximum absolute atomic E-state index is 11.8. The van der Waals surface area contributed by atoms with Gasteiger partial charge in [-0.1, -0.05) is 36.2 Å². The fourth-order valence-corrected chi connectivity index (χ4v) is 1.87. The maximum atomic E-state index is 11.8. The van der Waals surface area contributed by atoms with Crippen LogP contribution >= 0.6 is 23.2 Å². The Morgan fingerprint density at radius 2 is 2.15 bits per heavy atom. The molecule has 1 aromatic carbocycles. The van der Waals surface area contributed by atoms with E-state index in [1.807, 2.05) is 6.92 Å². The molecule has 0 fully saturated rings. The first-order chi connectivity index (χ1) is 9.45. The minimum absolute atomic E-state index is 0.260. The van der Waals surface area contributed by atoms with Crippen LogP contribution in [0.1, 0.15) is 26.7 Å². The van der Waals surface area contributed by atoms with Crippen molar-refractivity contribution in [2.45, 2.75) is 38.9 Å². The minimum atomic E-state index is -0.690. The molecule has 0 saturated heterocycles. The normalized spacial score (nSPS) is 13.7. The van der Waals surface area contributed by atoms with E-state index in [0.717, 1.165) is 0 Å². The quantitative estimate of drug-likeness (QED) is 0.812. The van der Waals surface area contributed by atoms with Crippen molar-refractivity contribution in [3.63, 3.8) is 0 Å². The molecule has 112 valence electrons. The van der Waals surface area contributed by atoms with Gasteiger partial charge in [-0.15, -0.1) is 0 Å². The molecule has 0 aliphatic heterocycles. The molecule has 2 atom stereocenters. The number of nitrogens with one attached hydrogen (secondary N) is 1. The number of benzene rings is 1. The van der Waals surface area contributed by atoms with Crippen molar-refractivity contribution < 1.29 is 14.6 Å². The van der Waals surface area contributed by atoms with Crippen LogP contribution in [0.15, 0.2) is 18.2 Å². The lowest BCUT2D eigenvalue weighted by Crippen LogP contribution is -2.37. The van der Waals surface area contributed by atoms with Crippen LogP contribution in [0.25, 0.3) is 0 Å². The highest BCUT2D eigenvalue weighted by molar-refractivity contribution is 6.42. The molecule has 0 aliphatic rings. The van der Waals surface area contributed by atoms with E-state index in [1.165, 1.54) is 0 Å². The molecule has 2 N–H and O–H groups in total. The van der Waals surface area contributed by atoms with E-state index < -0.39 is 12.2 Å². The molecule has 0 radical (unpaired) electrons. The van der Waals surface area contributed by atoms with E-state index >= 15 is 0 Å². The molecule has 0 bridgehead atoms. The summed E-state index contributed by atoms with van der Waals surface area (Å²) in [5.41, 5.74) is 0. The predicted molar refractivity (Wildman–Crippen MR) is 80.5 cm³/mol. The summed E-state index contributed by atoms with van der Waals surface area (Å²) in [5.74, 6) is 0.111.